The van der Waals surface area contributed by atoms with Gasteiger partial charge in [0.1, 0.15) is 5.75 Å². The van der Waals surface area contributed by atoms with Gasteiger partial charge in [0.25, 0.3) is 0 Å². The lowest BCUT2D eigenvalue weighted by Crippen LogP contribution is -2.22. The second kappa shape index (κ2) is 5.99. The van der Waals surface area contributed by atoms with E-state index in [0.717, 1.165) is 12.2 Å². The summed E-state index contributed by atoms with van der Waals surface area (Å²) in [4.78, 5) is 11.0. The van der Waals surface area contributed by atoms with E-state index in [9.17, 15) is 4.79 Å². The average molecular weight is 274 g/mol. The molecule has 1 aromatic carbocycles. The molecule has 20 heavy (non-hydrogen) atoms. The number of ether oxygens (including phenoxy) is 1. The highest BCUT2D eigenvalue weighted by Gasteiger charge is 2.11. The first-order chi connectivity index (χ1) is 9.52. The lowest BCUT2D eigenvalue weighted by molar-refractivity contribution is -0.118. The summed E-state index contributed by atoms with van der Waals surface area (Å²) in [5, 5.41) is 4.04. The molecule has 0 atom stereocenters. The van der Waals surface area contributed by atoms with Gasteiger partial charge in [-0.3, -0.25) is 4.79 Å². The van der Waals surface area contributed by atoms with Crippen molar-refractivity contribution in [3.63, 3.8) is 0 Å². The Balaban J connectivity index is 2.38. The van der Waals surface area contributed by atoms with Crippen LogP contribution in [0.4, 0.5) is 0 Å². The molecule has 0 unspecified atom stereocenters. The molecular weight excluding hydrogens is 252 g/mol. The second-order valence-corrected chi connectivity index (χ2v) is 5.27. The summed E-state index contributed by atoms with van der Waals surface area (Å²) < 4.78 is 7.57. The van der Waals surface area contributed by atoms with Crippen LogP contribution in [0.25, 0.3) is 10.9 Å². The van der Waals surface area contributed by atoms with Crippen molar-refractivity contribution in [1.82, 2.24) is 9.88 Å². The number of hydrogen-bond acceptors (Lipinski definition) is 2. The predicted molar refractivity (Wildman–Crippen MR) is 81.3 cm³/mol. The van der Waals surface area contributed by atoms with Crippen LogP contribution >= 0.6 is 0 Å². The second-order valence-electron chi connectivity index (χ2n) is 5.27. The molecule has 1 heterocycles. The number of benzene rings is 1. The zero-order valence-corrected chi connectivity index (χ0v) is 12.6. The largest absolute Gasteiger partial charge is 0.497 e. The number of rotatable bonds is 5. The SMILES string of the molecule is COc1ccc2c(c1)c(CCNC(C)=O)cn2C(C)C. The van der Waals surface area contributed by atoms with Gasteiger partial charge in [-0.05, 0) is 44.0 Å². The lowest BCUT2D eigenvalue weighted by Gasteiger charge is -2.09. The maximum atomic E-state index is 11.0. The van der Waals surface area contributed by atoms with Gasteiger partial charge in [-0.1, -0.05) is 0 Å². The van der Waals surface area contributed by atoms with Crippen molar-refractivity contribution in [2.75, 3.05) is 13.7 Å². The Labute approximate surface area is 119 Å². The third kappa shape index (κ3) is 2.95. The number of aromatic nitrogens is 1. The zero-order valence-electron chi connectivity index (χ0n) is 12.6. The van der Waals surface area contributed by atoms with E-state index >= 15 is 0 Å². The maximum absolute atomic E-state index is 11.0. The highest BCUT2D eigenvalue weighted by atomic mass is 16.5. The minimum Gasteiger partial charge on any atom is -0.497 e. The molecule has 0 spiro atoms. The van der Waals surface area contributed by atoms with Crippen molar-refractivity contribution in [3.8, 4) is 5.75 Å². The fourth-order valence-corrected chi connectivity index (χ4v) is 2.43. The molecule has 1 amide bonds. The van der Waals surface area contributed by atoms with Crippen LogP contribution in [0, 0.1) is 0 Å². The molecule has 0 aliphatic rings. The number of carbonyl (C=O) groups is 1. The summed E-state index contributed by atoms with van der Waals surface area (Å²) in [5.41, 5.74) is 2.44. The van der Waals surface area contributed by atoms with Crippen LogP contribution in [0.15, 0.2) is 24.4 Å². The monoisotopic (exact) mass is 274 g/mol. The molecule has 2 aromatic rings. The molecule has 0 bridgehead atoms. The van der Waals surface area contributed by atoms with E-state index in [0.29, 0.717) is 12.6 Å². The minimum absolute atomic E-state index is 0.00942. The fraction of sp³-hybridized carbons (Fsp3) is 0.438. The molecule has 0 aliphatic carbocycles. The Morgan fingerprint density at radius 1 is 1.40 bits per heavy atom. The molecule has 0 saturated heterocycles. The van der Waals surface area contributed by atoms with Crippen LogP contribution in [0.3, 0.4) is 0 Å². The van der Waals surface area contributed by atoms with Crippen LogP contribution in [-0.2, 0) is 11.2 Å². The summed E-state index contributed by atoms with van der Waals surface area (Å²) in [6.07, 6.45) is 3.00. The lowest BCUT2D eigenvalue weighted by atomic mass is 10.1. The normalized spacial score (nSPS) is 11.1. The van der Waals surface area contributed by atoms with Crippen molar-refractivity contribution in [1.29, 1.82) is 0 Å². The Kier molecular flexibility index (Phi) is 4.32. The number of nitrogens with zero attached hydrogens (tertiary/aromatic N) is 1. The first-order valence-electron chi connectivity index (χ1n) is 6.95. The maximum Gasteiger partial charge on any atom is 0.216 e. The standard InChI is InChI=1S/C16H22N2O2/c1-11(2)18-10-13(7-8-17-12(3)19)15-9-14(20-4)5-6-16(15)18/h5-6,9-11H,7-8H2,1-4H3,(H,17,19). The van der Waals surface area contributed by atoms with Crippen molar-refractivity contribution in [3.05, 3.63) is 30.0 Å². The topological polar surface area (TPSA) is 43.3 Å². The van der Waals surface area contributed by atoms with E-state index in [4.69, 9.17) is 4.74 Å². The smallest absolute Gasteiger partial charge is 0.216 e. The molecule has 108 valence electrons. The molecular formula is C16H22N2O2. The van der Waals surface area contributed by atoms with Crippen molar-refractivity contribution < 1.29 is 9.53 Å². The Hall–Kier alpha value is -1.97. The summed E-state index contributed by atoms with van der Waals surface area (Å²) >= 11 is 0. The highest BCUT2D eigenvalue weighted by Crippen LogP contribution is 2.28. The van der Waals surface area contributed by atoms with Crippen LogP contribution in [0.5, 0.6) is 5.75 Å². The van der Waals surface area contributed by atoms with Gasteiger partial charge in [-0.25, -0.2) is 0 Å². The van der Waals surface area contributed by atoms with E-state index in [1.807, 2.05) is 6.07 Å². The minimum atomic E-state index is 0.00942. The number of methoxy groups -OCH3 is 1. The molecule has 0 radical (unpaired) electrons. The van der Waals surface area contributed by atoms with Gasteiger partial charge in [0, 0.05) is 36.6 Å². The molecule has 0 fully saturated rings. The van der Waals surface area contributed by atoms with Crippen molar-refractivity contribution >= 4 is 16.8 Å². The van der Waals surface area contributed by atoms with Gasteiger partial charge in [-0.15, -0.1) is 0 Å². The summed E-state index contributed by atoms with van der Waals surface area (Å²) in [7, 11) is 1.68. The van der Waals surface area contributed by atoms with Crippen LogP contribution in [0.2, 0.25) is 0 Å². The zero-order chi connectivity index (χ0) is 14.7. The Morgan fingerprint density at radius 2 is 2.15 bits per heavy atom. The Bertz CT molecular complexity index is 614. The van der Waals surface area contributed by atoms with Gasteiger partial charge >= 0.3 is 0 Å². The van der Waals surface area contributed by atoms with E-state index in [-0.39, 0.29) is 5.91 Å². The third-order valence-electron chi connectivity index (χ3n) is 3.45. The van der Waals surface area contributed by atoms with Crippen molar-refractivity contribution in [2.45, 2.75) is 33.2 Å². The highest BCUT2D eigenvalue weighted by molar-refractivity contribution is 5.85. The van der Waals surface area contributed by atoms with Gasteiger partial charge < -0.3 is 14.6 Å². The van der Waals surface area contributed by atoms with Crippen molar-refractivity contribution in [2.24, 2.45) is 0 Å². The third-order valence-corrected chi connectivity index (χ3v) is 3.45. The molecule has 0 aliphatic heterocycles. The van der Waals surface area contributed by atoms with Gasteiger partial charge in [-0.2, -0.15) is 0 Å². The first kappa shape index (κ1) is 14.4. The van der Waals surface area contributed by atoms with E-state index in [1.54, 1.807) is 14.0 Å². The van der Waals surface area contributed by atoms with E-state index in [1.165, 1.54) is 16.5 Å². The van der Waals surface area contributed by atoms with E-state index in [2.05, 4.69) is 42.1 Å². The predicted octanol–water partition coefficient (Wildman–Crippen LogP) is 2.91. The molecule has 0 saturated carbocycles. The molecule has 1 N–H and O–H groups in total. The van der Waals surface area contributed by atoms with Crippen LogP contribution in [-0.4, -0.2) is 24.1 Å². The molecule has 4 heteroatoms. The van der Waals surface area contributed by atoms with Gasteiger partial charge in [0.05, 0.1) is 7.11 Å². The average Bonchev–Trinajstić information content (AvgIpc) is 2.76. The van der Waals surface area contributed by atoms with Crippen LogP contribution in [0.1, 0.15) is 32.4 Å². The molecule has 1 aromatic heterocycles. The molecule has 2 rings (SSSR count). The molecule has 4 nitrogen and oxygen atoms in total. The fourth-order valence-electron chi connectivity index (χ4n) is 2.43. The number of hydrogen-bond donors (Lipinski definition) is 1. The first-order valence-corrected chi connectivity index (χ1v) is 6.95. The number of carbonyl (C=O) groups excluding carboxylic acids is 1. The quantitative estimate of drug-likeness (QED) is 0.911. The number of amides is 1. The summed E-state index contributed by atoms with van der Waals surface area (Å²) in [6, 6.07) is 6.55. The Morgan fingerprint density at radius 3 is 2.75 bits per heavy atom. The number of fused-ring (bicyclic) bond motifs is 1. The van der Waals surface area contributed by atoms with E-state index < -0.39 is 0 Å². The summed E-state index contributed by atoms with van der Waals surface area (Å²) in [5.74, 6) is 0.870. The van der Waals surface area contributed by atoms with Gasteiger partial charge in [0.2, 0.25) is 5.91 Å². The van der Waals surface area contributed by atoms with Gasteiger partial charge in [0.15, 0.2) is 0 Å². The van der Waals surface area contributed by atoms with Crippen LogP contribution < -0.4 is 10.1 Å². The number of nitrogens with one attached hydrogen (secondary N) is 1. The summed E-state index contributed by atoms with van der Waals surface area (Å²) in [6.45, 7) is 6.53.